The van der Waals surface area contributed by atoms with Gasteiger partial charge in [0.1, 0.15) is 13.2 Å². The fraction of sp³-hybridized carbons (Fsp3) is 0.333. The minimum Gasteiger partial charge on any atom is -0.485 e. The summed E-state index contributed by atoms with van der Waals surface area (Å²) in [6.07, 6.45) is 0. The van der Waals surface area contributed by atoms with E-state index in [-0.39, 0.29) is 0 Å². The van der Waals surface area contributed by atoms with Crippen LogP contribution in [0.1, 0.15) is 0 Å². The first-order valence-electron chi connectivity index (χ1n) is 3.57. The van der Waals surface area contributed by atoms with Crippen LogP contribution in [0.3, 0.4) is 0 Å². The molecule has 2 rings (SSSR count). The van der Waals surface area contributed by atoms with Gasteiger partial charge in [-0.3, -0.25) is 0 Å². The fourth-order valence-corrected chi connectivity index (χ4v) is 1.49. The quantitative estimate of drug-likeness (QED) is 0.495. The molecule has 0 radical (unpaired) electrons. The second kappa shape index (κ2) is 5.08. The highest BCUT2D eigenvalue weighted by atomic mass is 32.1. The van der Waals surface area contributed by atoms with Gasteiger partial charge in [0.05, 0.1) is 0 Å². The van der Waals surface area contributed by atoms with E-state index in [1.54, 1.807) is 11.3 Å². The van der Waals surface area contributed by atoms with Crippen molar-refractivity contribution in [1.29, 1.82) is 0 Å². The van der Waals surface area contributed by atoms with Crippen LogP contribution >= 0.6 is 11.3 Å². The lowest BCUT2D eigenvalue weighted by molar-refractivity contribution is 0.178. The van der Waals surface area contributed by atoms with E-state index < -0.39 is 7.32 Å². The standard InChI is InChI=1S/C6H6O2S.BH3O3/c1-4-9-6-5(1)7-2-3-8-6;2-1(3)4/h1,4H,2-3H2;2-4H. The zero-order chi connectivity index (χ0) is 9.68. The van der Waals surface area contributed by atoms with Crippen LogP contribution in [0.4, 0.5) is 0 Å². The third-order valence-corrected chi connectivity index (χ3v) is 1.98. The molecule has 13 heavy (non-hydrogen) atoms. The Labute approximate surface area is 79.3 Å². The summed E-state index contributed by atoms with van der Waals surface area (Å²) < 4.78 is 10.5. The maximum atomic E-state index is 7.17. The first-order chi connectivity index (χ1) is 6.20. The lowest BCUT2D eigenvalue weighted by atomic mass is 10.3. The highest BCUT2D eigenvalue weighted by molar-refractivity contribution is 7.12. The predicted octanol–water partition coefficient (Wildman–Crippen LogP) is -0.532. The van der Waals surface area contributed by atoms with Gasteiger partial charge in [-0.25, -0.2) is 0 Å². The Hall–Kier alpha value is -0.755. The second-order valence-corrected chi connectivity index (χ2v) is 2.99. The zero-order valence-electron chi connectivity index (χ0n) is 6.71. The summed E-state index contributed by atoms with van der Waals surface area (Å²) in [6, 6.07) is 1.93. The Morgan fingerprint density at radius 2 is 1.85 bits per heavy atom. The molecule has 72 valence electrons. The lowest BCUT2D eigenvalue weighted by Crippen LogP contribution is -2.13. The summed E-state index contributed by atoms with van der Waals surface area (Å²) in [5.41, 5.74) is 0. The van der Waals surface area contributed by atoms with Gasteiger partial charge in [-0.05, 0) is 11.4 Å². The van der Waals surface area contributed by atoms with Crippen molar-refractivity contribution in [2.45, 2.75) is 0 Å². The Bertz CT molecular complexity index is 228. The van der Waals surface area contributed by atoms with Crippen molar-refractivity contribution < 1.29 is 24.5 Å². The number of hydrogen-bond donors (Lipinski definition) is 3. The third kappa shape index (κ3) is 3.64. The van der Waals surface area contributed by atoms with Crippen molar-refractivity contribution in [2.24, 2.45) is 0 Å². The van der Waals surface area contributed by atoms with E-state index >= 15 is 0 Å². The molecule has 0 amide bonds. The molecule has 0 aliphatic carbocycles. The molecule has 0 bridgehead atoms. The normalized spacial score (nSPS) is 12.8. The average molecular weight is 204 g/mol. The summed E-state index contributed by atoms with van der Waals surface area (Å²) in [6.45, 7) is 1.37. The molecule has 0 spiro atoms. The van der Waals surface area contributed by atoms with E-state index in [4.69, 9.17) is 24.5 Å². The van der Waals surface area contributed by atoms with Crippen molar-refractivity contribution in [3.63, 3.8) is 0 Å². The summed E-state index contributed by atoms with van der Waals surface area (Å²) in [7, 11) is -2.17. The summed E-state index contributed by atoms with van der Waals surface area (Å²) in [5.74, 6) is 0.895. The molecule has 7 heteroatoms. The number of hydrogen-bond acceptors (Lipinski definition) is 6. The highest BCUT2D eigenvalue weighted by Crippen LogP contribution is 2.35. The molecule has 0 fully saturated rings. The van der Waals surface area contributed by atoms with Gasteiger partial charge in [0.2, 0.25) is 5.06 Å². The summed E-state index contributed by atoms with van der Waals surface area (Å²) in [5, 5.41) is 24.4. The molecule has 1 aliphatic heterocycles. The van der Waals surface area contributed by atoms with E-state index in [2.05, 4.69) is 0 Å². The molecule has 1 aromatic rings. The highest BCUT2D eigenvalue weighted by Gasteiger charge is 2.10. The molecular weight excluding hydrogens is 195 g/mol. The maximum Gasteiger partial charge on any atom is 0.631 e. The van der Waals surface area contributed by atoms with Crippen LogP contribution < -0.4 is 9.47 Å². The van der Waals surface area contributed by atoms with E-state index in [0.717, 1.165) is 10.8 Å². The Morgan fingerprint density at radius 3 is 2.46 bits per heavy atom. The summed E-state index contributed by atoms with van der Waals surface area (Å²) >= 11 is 1.58. The van der Waals surface area contributed by atoms with Gasteiger partial charge in [-0.2, -0.15) is 0 Å². The Morgan fingerprint density at radius 1 is 1.23 bits per heavy atom. The van der Waals surface area contributed by atoms with Crippen LogP contribution in [0.25, 0.3) is 0 Å². The van der Waals surface area contributed by atoms with Crippen molar-refractivity contribution in [1.82, 2.24) is 0 Å². The maximum absolute atomic E-state index is 7.17. The smallest absolute Gasteiger partial charge is 0.485 e. The lowest BCUT2D eigenvalue weighted by Gasteiger charge is -2.13. The van der Waals surface area contributed by atoms with E-state index in [0.29, 0.717) is 13.2 Å². The molecule has 0 saturated carbocycles. The summed E-state index contributed by atoms with van der Waals surface area (Å²) in [4.78, 5) is 0. The van der Waals surface area contributed by atoms with Gasteiger partial charge < -0.3 is 24.5 Å². The first-order valence-corrected chi connectivity index (χ1v) is 4.45. The monoisotopic (exact) mass is 204 g/mol. The van der Waals surface area contributed by atoms with Gasteiger partial charge in [0.25, 0.3) is 0 Å². The van der Waals surface area contributed by atoms with Crippen molar-refractivity contribution >= 4 is 18.7 Å². The van der Waals surface area contributed by atoms with Crippen molar-refractivity contribution in [2.75, 3.05) is 13.2 Å². The Balaban J connectivity index is 0.000000184. The van der Waals surface area contributed by atoms with Crippen molar-refractivity contribution in [3.05, 3.63) is 11.4 Å². The van der Waals surface area contributed by atoms with Gasteiger partial charge in [0, 0.05) is 0 Å². The van der Waals surface area contributed by atoms with E-state index in [1.807, 2.05) is 11.4 Å². The predicted molar refractivity (Wildman–Crippen MR) is 47.7 cm³/mol. The van der Waals surface area contributed by atoms with Crippen LogP contribution in [0.2, 0.25) is 0 Å². The van der Waals surface area contributed by atoms with Gasteiger partial charge in [-0.15, -0.1) is 11.3 Å². The average Bonchev–Trinajstić information content (AvgIpc) is 2.49. The van der Waals surface area contributed by atoms with Gasteiger partial charge >= 0.3 is 7.32 Å². The fourth-order valence-electron chi connectivity index (χ4n) is 0.782. The zero-order valence-corrected chi connectivity index (χ0v) is 7.53. The molecule has 0 atom stereocenters. The second-order valence-electron chi connectivity index (χ2n) is 2.12. The van der Waals surface area contributed by atoms with Crippen LogP contribution in [0.5, 0.6) is 10.8 Å². The molecule has 2 heterocycles. The van der Waals surface area contributed by atoms with E-state index in [9.17, 15) is 0 Å². The molecule has 0 aromatic carbocycles. The number of ether oxygens (including phenoxy) is 2. The Kier molecular flexibility index (Phi) is 4.03. The minimum atomic E-state index is -2.17. The van der Waals surface area contributed by atoms with Crippen LogP contribution in [-0.2, 0) is 0 Å². The number of rotatable bonds is 0. The third-order valence-electron chi connectivity index (χ3n) is 1.17. The topological polar surface area (TPSA) is 79.2 Å². The number of thiophene rings is 1. The van der Waals surface area contributed by atoms with Crippen molar-refractivity contribution in [3.8, 4) is 10.8 Å². The van der Waals surface area contributed by atoms with Gasteiger partial charge in [-0.1, -0.05) is 0 Å². The molecule has 0 saturated heterocycles. The first kappa shape index (κ1) is 10.3. The molecule has 0 unspecified atom stereocenters. The van der Waals surface area contributed by atoms with E-state index in [1.165, 1.54) is 0 Å². The van der Waals surface area contributed by atoms with Gasteiger partial charge in [0.15, 0.2) is 5.75 Å². The van der Waals surface area contributed by atoms with Crippen LogP contribution in [-0.4, -0.2) is 35.6 Å². The van der Waals surface area contributed by atoms with Crippen LogP contribution in [0.15, 0.2) is 11.4 Å². The number of fused-ring (bicyclic) bond motifs is 1. The SMILES string of the molecule is OB(O)O.c1cc2c(s1)OCCO2. The van der Waals surface area contributed by atoms with Crippen LogP contribution in [0, 0.1) is 0 Å². The molecule has 5 nitrogen and oxygen atoms in total. The largest absolute Gasteiger partial charge is 0.631 e. The minimum absolute atomic E-state index is 0.684. The molecule has 3 N–H and O–H groups in total. The molecule has 1 aliphatic rings. The molecular formula is C6H9BO5S. The molecule has 1 aromatic heterocycles.